The molecule has 3 nitrogen and oxygen atoms in total. The summed E-state index contributed by atoms with van der Waals surface area (Å²) in [6, 6.07) is 0. The molecule has 0 amide bonds. The van der Waals surface area contributed by atoms with Crippen molar-refractivity contribution in [1.82, 2.24) is 10.4 Å². The molecule has 3 heteroatoms. The zero-order valence-electron chi connectivity index (χ0n) is 6.67. The van der Waals surface area contributed by atoms with Crippen molar-refractivity contribution in [3.05, 3.63) is 12.7 Å². The summed E-state index contributed by atoms with van der Waals surface area (Å²) in [5.74, 6) is 0. The van der Waals surface area contributed by atoms with Gasteiger partial charge in [0.1, 0.15) is 0 Å². The second kappa shape index (κ2) is 5.41. The maximum absolute atomic E-state index is 8.98. The zero-order chi connectivity index (χ0) is 7.98. The SMILES string of the molecule is C=CCNC(CC)N(C)O. The van der Waals surface area contributed by atoms with E-state index in [2.05, 4.69) is 11.9 Å². The summed E-state index contributed by atoms with van der Waals surface area (Å²) >= 11 is 0. The van der Waals surface area contributed by atoms with E-state index in [1.165, 1.54) is 5.06 Å². The van der Waals surface area contributed by atoms with Gasteiger partial charge < -0.3 is 5.21 Å². The number of rotatable bonds is 5. The lowest BCUT2D eigenvalue weighted by molar-refractivity contribution is -0.112. The Morgan fingerprint density at radius 3 is 2.70 bits per heavy atom. The molecule has 0 fully saturated rings. The fourth-order valence-corrected chi connectivity index (χ4v) is 0.760. The van der Waals surface area contributed by atoms with Gasteiger partial charge in [-0.25, -0.2) is 0 Å². The average Bonchev–Trinajstić information content (AvgIpc) is 1.89. The largest absolute Gasteiger partial charge is 0.313 e. The third kappa shape index (κ3) is 3.61. The second-order valence-electron chi connectivity index (χ2n) is 2.19. The first kappa shape index (κ1) is 9.62. The van der Waals surface area contributed by atoms with Crippen molar-refractivity contribution >= 4 is 0 Å². The number of hydrogen-bond acceptors (Lipinski definition) is 3. The van der Waals surface area contributed by atoms with Crippen LogP contribution in [0.3, 0.4) is 0 Å². The summed E-state index contributed by atoms with van der Waals surface area (Å²) in [7, 11) is 1.63. The Hall–Kier alpha value is -0.380. The molecule has 60 valence electrons. The Bertz CT molecular complexity index is 93.6. The van der Waals surface area contributed by atoms with Crippen LogP contribution in [0.2, 0.25) is 0 Å². The highest BCUT2D eigenvalue weighted by molar-refractivity contribution is 4.72. The van der Waals surface area contributed by atoms with Gasteiger partial charge in [-0.3, -0.25) is 5.32 Å². The molecule has 0 aliphatic rings. The number of nitrogens with one attached hydrogen (secondary N) is 1. The van der Waals surface area contributed by atoms with E-state index in [0.717, 1.165) is 13.0 Å². The zero-order valence-corrected chi connectivity index (χ0v) is 6.67. The molecule has 0 saturated heterocycles. The van der Waals surface area contributed by atoms with Crippen LogP contribution in [0.5, 0.6) is 0 Å². The summed E-state index contributed by atoms with van der Waals surface area (Å²) in [4.78, 5) is 0. The molecule has 0 aromatic rings. The average molecular weight is 144 g/mol. The van der Waals surface area contributed by atoms with E-state index < -0.39 is 0 Å². The van der Waals surface area contributed by atoms with Gasteiger partial charge in [-0.1, -0.05) is 13.0 Å². The molecule has 0 aliphatic heterocycles. The van der Waals surface area contributed by atoms with Crippen LogP contribution in [0.4, 0.5) is 0 Å². The molecule has 1 unspecified atom stereocenters. The first-order valence-corrected chi connectivity index (χ1v) is 3.48. The Morgan fingerprint density at radius 1 is 1.80 bits per heavy atom. The van der Waals surface area contributed by atoms with Gasteiger partial charge in [-0.05, 0) is 6.42 Å². The van der Waals surface area contributed by atoms with Crippen LogP contribution in [-0.4, -0.2) is 30.0 Å². The van der Waals surface area contributed by atoms with Gasteiger partial charge in [0.25, 0.3) is 0 Å². The van der Waals surface area contributed by atoms with Crippen molar-refractivity contribution in [2.45, 2.75) is 19.5 Å². The first-order valence-electron chi connectivity index (χ1n) is 3.48. The third-order valence-corrected chi connectivity index (χ3v) is 1.34. The molecule has 0 aromatic carbocycles. The van der Waals surface area contributed by atoms with Crippen molar-refractivity contribution in [3.63, 3.8) is 0 Å². The summed E-state index contributed by atoms with van der Waals surface area (Å²) in [5, 5.41) is 13.2. The predicted octanol–water partition coefficient (Wildman–Crippen LogP) is 0.819. The predicted molar refractivity (Wildman–Crippen MR) is 41.8 cm³/mol. The van der Waals surface area contributed by atoms with Crippen molar-refractivity contribution < 1.29 is 5.21 Å². The van der Waals surface area contributed by atoms with Gasteiger partial charge in [-0.15, -0.1) is 6.58 Å². The Kier molecular flexibility index (Phi) is 5.20. The summed E-state index contributed by atoms with van der Waals surface area (Å²) < 4.78 is 0. The molecular weight excluding hydrogens is 128 g/mol. The first-order chi connectivity index (χ1) is 4.72. The lowest BCUT2D eigenvalue weighted by atomic mass is 10.3. The van der Waals surface area contributed by atoms with Crippen molar-refractivity contribution in [2.75, 3.05) is 13.6 Å². The van der Waals surface area contributed by atoms with E-state index >= 15 is 0 Å². The van der Waals surface area contributed by atoms with Gasteiger partial charge >= 0.3 is 0 Å². The van der Waals surface area contributed by atoms with Gasteiger partial charge in [-0.2, -0.15) is 5.06 Å². The maximum Gasteiger partial charge on any atom is 0.0837 e. The van der Waals surface area contributed by atoms with E-state index in [1.807, 2.05) is 6.92 Å². The highest BCUT2D eigenvalue weighted by Gasteiger charge is 2.06. The Morgan fingerprint density at radius 2 is 2.40 bits per heavy atom. The Labute approximate surface area is 62.3 Å². The van der Waals surface area contributed by atoms with Crippen LogP contribution in [0.15, 0.2) is 12.7 Å². The highest BCUT2D eigenvalue weighted by atomic mass is 16.5. The van der Waals surface area contributed by atoms with E-state index in [-0.39, 0.29) is 6.17 Å². The normalized spacial score (nSPS) is 13.6. The number of hydroxylamine groups is 2. The van der Waals surface area contributed by atoms with Gasteiger partial charge in [0.05, 0.1) is 6.17 Å². The van der Waals surface area contributed by atoms with Crippen LogP contribution >= 0.6 is 0 Å². The molecule has 2 N–H and O–H groups in total. The highest BCUT2D eigenvalue weighted by Crippen LogP contribution is 1.92. The van der Waals surface area contributed by atoms with Crippen molar-refractivity contribution in [2.24, 2.45) is 0 Å². The van der Waals surface area contributed by atoms with E-state index in [1.54, 1.807) is 13.1 Å². The molecule has 0 heterocycles. The van der Waals surface area contributed by atoms with Gasteiger partial charge in [0.15, 0.2) is 0 Å². The molecule has 1 atom stereocenters. The van der Waals surface area contributed by atoms with E-state index in [0.29, 0.717) is 0 Å². The molecule has 0 bridgehead atoms. The van der Waals surface area contributed by atoms with Gasteiger partial charge in [0.2, 0.25) is 0 Å². The Balaban J connectivity index is 3.49. The van der Waals surface area contributed by atoms with E-state index in [4.69, 9.17) is 5.21 Å². The topological polar surface area (TPSA) is 35.5 Å². The van der Waals surface area contributed by atoms with Crippen LogP contribution in [0.25, 0.3) is 0 Å². The molecule has 0 spiro atoms. The lowest BCUT2D eigenvalue weighted by Gasteiger charge is -2.21. The minimum Gasteiger partial charge on any atom is -0.313 e. The van der Waals surface area contributed by atoms with Crippen LogP contribution in [-0.2, 0) is 0 Å². The molecule has 0 radical (unpaired) electrons. The smallest absolute Gasteiger partial charge is 0.0837 e. The monoisotopic (exact) mass is 144 g/mol. The minimum atomic E-state index is 0.0398. The molecular formula is C7H16N2O. The maximum atomic E-state index is 8.98. The number of nitrogens with zero attached hydrogens (tertiary/aromatic N) is 1. The molecule has 0 saturated carbocycles. The minimum absolute atomic E-state index is 0.0398. The quantitative estimate of drug-likeness (QED) is 0.340. The molecule has 10 heavy (non-hydrogen) atoms. The number of hydrogen-bond donors (Lipinski definition) is 2. The fourth-order valence-electron chi connectivity index (χ4n) is 0.760. The van der Waals surface area contributed by atoms with Crippen molar-refractivity contribution in [1.29, 1.82) is 0 Å². The van der Waals surface area contributed by atoms with Crippen LogP contribution in [0, 0.1) is 0 Å². The van der Waals surface area contributed by atoms with Crippen LogP contribution < -0.4 is 5.32 Å². The fraction of sp³-hybridized carbons (Fsp3) is 0.714. The second-order valence-corrected chi connectivity index (χ2v) is 2.19. The van der Waals surface area contributed by atoms with Crippen molar-refractivity contribution in [3.8, 4) is 0 Å². The summed E-state index contributed by atoms with van der Waals surface area (Å²) in [6.07, 6.45) is 2.69. The molecule has 0 rings (SSSR count). The standard InChI is InChI=1S/C7H16N2O/c1-4-6-8-7(5-2)9(3)10/h4,7-8,10H,1,5-6H2,2-3H3. The third-order valence-electron chi connectivity index (χ3n) is 1.34. The van der Waals surface area contributed by atoms with Gasteiger partial charge in [0, 0.05) is 13.6 Å². The lowest BCUT2D eigenvalue weighted by Crippen LogP contribution is -2.41. The summed E-state index contributed by atoms with van der Waals surface area (Å²) in [5.41, 5.74) is 0. The van der Waals surface area contributed by atoms with Crippen LogP contribution in [0.1, 0.15) is 13.3 Å². The summed E-state index contributed by atoms with van der Waals surface area (Å²) in [6.45, 7) is 6.30. The molecule has 0 aliphatic carbocycles. The van der Waals surface area contributed by atoms with E-state index in [9.17, 15) is 0 Å². The molecule has 0 aromatic heterocycles.